The van der Waals surface area contributed by atoms with E-state index in [4.69, 9.17) is 0 Å². The van der Waals surface area contributed by atoms with Crippen molar-refractivity contribution in [2.24, 2.45) is 0 Å². The summed E-state index contributed by atoms with van der Waals surface area (Å²) in [6.45, 7) is 0. The van der Waals surface area contributed by atoms with E-state index in [9.17, 15) is 13.6 Å². The number of anilines is 1. The van der Waals surface area contributed by atoms with Gasteiger partial charge >= 0.3 is 0 Å². The number of carbonyl (C=O) groups is 1. The highest BCUT2D eigenvalue weighted by Crippen LogP contribution is 2.23. The summed E-state index contributed by atoms with van der Waals surface area (Å²) < 4.78 is 26.2. The fraction of sp³-hybridized carbons (Fsp3) is 0. The molecule has 18 heavy (non-hydrogen) atoms. The third kappa shape index (κ3) is 2.89. The Hall–Kier alpha value is -1.82. The lowest BCUT2D eigenvalue weighted by molar-refractivity contribution is 0.102. The Kier molecular flexibility index (Phi) is 3.66. The Balaban J connectivity index is 2.21. The number of amides is 1. The second-order valence-corrected chi connectivity index (χ2v) is 4.30. The van der Waals surface area contributed by atoms with Crippen molar-refractivity contribution in [2.75, 3.05) is 5.32 Å². The highest BCUT2D eigenvalue weighted by molar-refractivity contribution is 9.10. The molecule has 92 valence electrons. The first kappa shape index (κ1) is 12.6. The van der Waals surface area contributed by atoms with Gasteiger partial charge in [-0.2, -0.15) is 4.39 Å². The van der Waals surface area contributed by atoms with Crippen LogP contribution in [0.5, 0.6) is 0 Å². The molecule has 2 rings (SSSR count). The molecule has 1 amide bonds. The highest BCUT2D eigenvalue weighted by Gasteiger charge is 2.09. The summed E-state index contributed by atoms with van der Waals surface area (Å²) in [5.41, 5.74) is 0.483. The Morgan fingerprint density at radius 2 is 2.00 bits per heavy atom. The van der Waals surface area contributed by atoms with Gasteiger partial charge in [-0.25, -0.2) is 9.37 Å². The van der Waals surface area contributed by atoms with Crippen LogP contribution in [0.15, 0.2) is 41.0 Å². The molecule has 0 unspecified atom stereocenters. The van der Waals surface area contributed by atoms with Gasteiger partial charge in [0.05, 0.1) is 11.3 Å². The zero-order valence-corrected chi connectivity index (χ0v) is 10.5. The van der Waals surface area contributed by atoms with Crippen molar-refractivity contribution < 1.29 is 13.6 Å². The average molecular weight is 313 g/mol. The highest BCUT2D eigenvalue weighted by atomic mass is 79.9. The van der Waals surface area contributed by atoms with E-state index in [-0.39, 0.29) is 5.56 Å². The third-order valence-electron chi connectivity index (χ3n) is 2.17. The van der Waals surface area contributed by atoms with Gasteiger partial charge in [-0.15, -0.1) is 0 Å². The van der Waals surface area contributed by atoms with Crippen molar-refractivity contribution in [3.63, 3.8) is 0 Å². The minimum atomic E-state index is -0.668. The molecule has 0 spiro atoms. The molecule has 0 atom stereocenters. The first-order valence-electron chi connectivity index (χ1n) is 4.94. The molecule has 1 N–H and O–H groups in total. The number of aromatic nitrogens is 1. The zero-order chi connectivity index (χ0) is 13.1. The monoisotopic (exact) mass is 312 g/mol. The molecule has 0 saturated heterocycles. The van der Waals surface area contributed by atoms with Crippen LogP contribution in [-0.2, 0) is 0 Å². The lowest BCUT2D eigenvalue weighted by atomic mass is 10.2. The molecule has 3 nitrogen and oxygen atoms in total. The standard InChI is InChI=1S/C12H7BrF2N2O/c13-9-3-2-8(14)5-10(9)17-12(18)7-1-4-11(15)16-6-7/h1-6H,(H,17,18). The maximum absolute atomic E-state index is 13.0. The van der Waals surface area contributed by atoms with E-state index in [1.54, 1.807) is 0 Å². The number of nitrogens with one attached hydrogen (secondary N) is 1. The van der Waals surface area contributed by atoms with Crippen molar-refractivity contribution >= 4 is 27.5 Å². The van der Waals surface area contributed by atoms with Crippen LogP contribution in [0.25, 0.3) is 0 Å². The first-order chi connectivity index (χ1) is 8.56. The summed E-state index contributed by atoms with van der Waals surface area (Å²) >= 11 is 3.19. The second-order valence-electron chi connectivity index (χ2n) is 3.45. The summed E-state index contributed by atoms with van der Waals surface area (Å²) in [5, 5.41) is 2.50. The number of carbonyl (C=O) groups excluding carboxylic acids is 1. The molecule has 6 heteroatoms. The van der Waals surface area contributed by atoms with Gasteiger partial charge in [0, 0.05) is 10.7 Å². The Bertz CT molecular complexity index is 587. The fourth-order valence-corrected chi connectivity index (χ4v) is 1.64. The smallest absolute Gasteiger partial charge is 0.257 e. The SMILES string of the molecule is O=C(Nc1cc(F)ccc1Br)c1ccc(F)nc1. The van der Waals surface area contributed by atoms with Crippen molar-refractivity contribution in [1.29, 1.82) is 0 Å². The molecule has 1 aromatic carbocycles. The number of hydrogen-bond acceptors (Lipinski definition) is 2. The molecule has 0 aliphatic carbocycles. The average Bonchev–Trinajstić information content (AvgIpc) is 2.34. The maximum atomic E-state index is 13.0. The molecular weight excluding hydrogens is 306 g/mol. The molecule has 2 aromatic rings. The number of halogens is 3. The van der Waals surface area contributed by atoms with Gasteiger partial charge in [-0.05, 0) is 46.3 Å². The quantitative estimate of drug-likeness (QED) is 0.864. The summed E-state index contributed by atoms with van der Waals surface area (Å²) in [6, 6.07) is 6.30. The predicted octanol–water partition coefficient (Wildman–Crippen LogP) is 3.37. The van der Waals surface area contributed by atoms with Gasteiger partial charge in [0.15, 0.2) is 0 Å². The zero-order valence-electron chi connectivity index (χ0n) is 8.95. The van der Waals surface area contributed by atoms with Crippen molar-refractivity contribution in [3.8, 4) is 0 Å². The van der Waals surface area contributed by atoms with Crippen LogP contribution in [0.3, 0.4) is 0 Å². The lowest BCUT2D eigenvalue weighted by Crippen LogP contribution is -2.12. The molecule has 0 aliphatic rings. The van der Waals surface area contributed by atoms with Crippen LogP contribution < -0.4 is 5.32 Å². The van der Waals surface area contributed by atoms with Gasteiger partial charge in [0.25, 0.3) is 5.91 Å². The predicted molar refractivity (Wildman–Crippen MR) is 66.2 cm³/mol. The van der Waals surface area contributed by atoms with Gasteiger partial charge in [-0.1, -0.05) is 0 Å². The maximum Gasteiger partial charge on any atom is 0.257 e. The number of nitrogens with zero attached hydrogens (tertiary/aromatic N) is 1. The van der Waals surface area contributed by atoms with E-state index in [0.717, 1.165) is 12.3 Å². The summed E-state index contributed by atoms with van der Waals surface area (Å²) in [5.74, 6) is -1.63. The van der Waals surface area contributed by atoms with E-state index in [0.29, 0.717) is 10.2 Å². The molecule has 0 radical (unpaired) electrons. The van der Waals surface area contributed by atoms with Gasteiger partial charge in [0.2, 0.25) is 5.95 Å². The molecule has 1 heterocycles. The second kappa shape index (κ2) is 5.22. The molecule has 0 aliphatic heterocycles. The van der Waals surface area contributed by atoms with Crippen molar-refractivity contribution in [1.82, 2.24) is 4.98 Å². The lowest BCUT2D eigenvalue weighted by Gasteiger charge is -2.07. The van der Waals surface area contributed by atoms with Crippen molar-refractivity contribution in [3.05, 3.63) is 58.3 Å². The molecule has 0 fully saturated rings. The van der Waals surface area contributed by atoms with E-state index >= 15 is 0 Å². The first-order valence-corrected chi connectivity index (χ1v) is 5.73. The van der Waals surface area contributed by atoms with E-state index in [1.807, 2.05) is 0 Å². The van der Waals surface area contributed by atoms with E-state index in [2.05, 4.69) is 26.2 Å². The Labute approximate surface area is 110 Å². The number of rotatable bonds is 2. The summed E-state index contributed by atoms with van der Waals surface area (Å²) in [6.07, 6.45) is 1.11. The van der Waals surface area contributed by atoms with Crippen LogP contribution in [0.4, 0.5) is 14.5 Å². The number of benzene rings is 1. The largest absolute Gasteiger partial charge is 0.321 e. The molecular formula is C12H7BrF2N2O. The van der Waals surface area contributed by atoms with Crippen LogP contribution in [0.1, 0.15) is 10.4 Å². The van der Waals surface area contributed by atoms with Crippen LogP contribution in [0.2, 0.25) is 0 Å². The van der Waals surface area contributed by atoms with Gasteiger partial charge in [-0.3, -0.25) is 4.79 Å². The topological polar surface area (TPSA) is 42.0 Å². The van der Waals surface area contributed by atoms with Crippen LogP contribution >= 0.6 is 15.9 Å². The molecule has 0 saturated carbocycles. The van der Waals surface area contributed by atoms with Crippen LogP contribution in [0, 0.1) is 11.8 Å². The summed E-state index contributed by atoms with van der Waals surface area (Å²) in [7, 11) is 0. The fourth-order valence-electron chi connectivity index (χ4n) is 1.30. The molecule has 1 aromatic heterocycles. The minimum absolute atomic E-state index is 0.188. The summed E-state index contributed by atoms with van der Waals surface area (Å²) in [4.78, 5) is 15.1. The van der Waals surface area contributed by atoms with E-state index < -0.39 is 17.7 Å². The third-order valence-corrected chi connectivity index (χ3v) is 2.86. The van der Waals surface area contributed by atoms with Gasteiger partial charge in [0.1, 0.15) is 5.82 Å². The van der Waals surface area contributed by atoms with Crippen LogP contribution in [-0.4, -0.2) is 10.9 Å². The number of hydrogen-bond donors (Lipinski definition) is 1. The minimum Gasteiger partial charge on any atom is -0.321 e. The Morgan fingerprint density at radius 1 is 1.22 bits per heavy atom. The van der Waals surface area contributed by atoms with Crippen molar-refractivity contribution in [2.45, 2.75) is 0 Å². The van der Waals surface area contributed by atoms with Gasteiger partial charge < -0.3 is 5.32 Å². The molecule has 0 bridgehead atoms. The normalized spacial score (nSPS) is 10.2. The van der Waals surface area contributed by atoms with E-state index in [1.165, 1.54) is 24.3 Å². The number of pyridine rings is 1. The Morgan fingerprint density at radius 3 is 2.67 bits per heavy atom.